The lowest BCUT2D eigenvalue weighted by Crippen LogP contribution is -2.33. The van der Waals surface area contributed by atoms with E-state index < -0.39 is 0 Å². The number of rotatable bonds is 4. The topological polar surface area (TPSA) is 36.8 Å². The van der Waals surface area contributed by atoms with Crippen molar-refractivity contribution in [1.82, 2.24) is 5.32 Å². The molecule has 56 heavy (non-hydrogen) atoms. The third-order valence-corrected chi connectivity index (χ3v) is 13.6. The summed E-state index contributed by atoms with van der Waals surface area (Å²) in [4.78, 5) is 10.4. The minimum absolute atomic E-state index is 0.258. The summed E-state index contributed by atoms with van der Waals surface area (Å²) in [6.07, 6.45) is -0.258. The highest BCUT2D eigenvalue weighted by atomic mass is 32.1. The molecule has 0 radical (unpaired) electrons. The molecular formula is C51H31N3S2. The van der Waals surface area contributed by atoms with E-state index in [1.54, 1.807) is 0 Å². The van der Waals surface area contributed by atoms with Crippen molar-refractivity contribution in [3.8, 4) is 11.1 Å². The van der Waals surface area contributed by atoms with Crippen LogP contribution in [-0.2, 0) is 0 Å². The Kier molecular flexibility index (Phi) is 7.03. The fourth-order valence-electron chi connectivity index (χ4n) is 8.59. The molecule has 9 aromatic carbocycles. The minimum Gasteiger partial charge on any atom is -0.344 e. The molecule has 1 atom stereocenters. The third-order valence-electron chi connectivity index (χ3n) is 11.3. The van der Waals surface area contributed by atoms with Crippen molar-refractivity contribution in [2.45, 2.75) is 6.17 Å². The molecule has 0 fully saturated rings. The first-order valence-electron chi connectivity index (χ1n) is 18.9. The van der Waals surface area contributed by atoms with Crippen LogP contribution in [0.1, 0.15) is 22.9 Å². The molecule has 0 saturated carbocycles. The van der Waals surface area contributed by atoms with Gasteiger partial charge >= 0.3 is 0 Å². The second-order valence-corrected chi connectivity index (χ2v) is 16.7. The molecule has 1 N–H and O–H groups in total. The highest BCUT2D eigenvalue weighted by molar-refractivity contribution is 7.26. The Hall–Kier alpha value is -6.66. The average molecular weight is 750 g/mol. The van der Waals surface area contributed by atoms with Gasteiger partial charge in [0.25, 0.3) is 0 Å². The van der Waals surface area contributed by atoms with E-state index in [0.717, 1.165) is 28.4 Å². The number of benzene rings is 9. The molecule has 1 aliphatic heterocycles. The Balaban J connectivity index is 0.958. The van der Waals surface area contributed by atoms with Crippen LogP contribution in [0.15, 0.2) is 186 Å². The normalized spacial score (nSPS) is 14.6. The van der Waals surface area contributed by atoms with Crippen molar-refractivity contribution >= 4 is 107 Å². The van der Waals surface area contributed by atoms with Gasteiger partial charge in [0.05, 0.1) is 0 Å². The molecule has 5 heteroatoms. The number of thiophene rings is 2. The molecule has 11 aromatic rings. The molecule has 0 spiro atoms. The van der Waals surface area contributed by atoms with E-state index in [-0.39, 0.29) is 6.17 Å². The third kappa shape index (κ3) is 5.02. The van der Waals surface area contributed by atoms with Gasteiger partial charge in [-0.25, -0.2) is 9.98 Å². The zero-order chi connectivity index (χ0) is 36.7. The molecule has 0 bridgehead atoms. The maximum Gasteiger partial charge on any atom is 0.159 e. The van der Waals surface area contributed by atoms with Crippen LogP contribution >= 0.6 is 22.7 Å². The van der Waals surface area contributed by atoms with Crippen LogP contribution < -0.4 is 5.32 Å². The number of aliphatic imine (C=N–C) groups is 2. The van der Waals surface area contributed by atoms with Gasteiger partial charge in [0.15, 0.2) is 5.84 Å². The van der Waals surface area contributed by atoms with E-state index in [0.29, 0.717) is 0 Å². The lowest BCUT2D eigenvalue weighted by molar-refractivity contribution is 0.674. The van der Waals surface area contributed by atoms with Crippen molar-refractivity contribution in [1.29, 1.82) is 0 Å². The highest BCUT2D eigenvalue weighted by Crippen LogP contribution is 2.41. The number of nitrogens with one attached hydrogen (secondary N) is 1. The Morgan fingerprint density at radius 1 is 0.357 bits per heavy atom. The van der Waals surface area contributed by atoms with Crippen LogP contribution in [0, 0.1) is 0 Å². The lowest BCUT2D eigenvalue weighted by Gasteiger charge is -2.23. The zero-order valence-electron chi connectivity index (χ0n) is 30.0. The Morgan fingerprint density at radius 2 is 0.839 bits per heavy atom. The molecule has 2 aromatic heterocycles. The van der Waals surface area contributed by atoms with Crippen molar-refractivity contribution in [2.75, 3.05) is 0 Å². The fraction of sp³-hybridized carbons (Fsp3) is 0.0196. The van der Waals surface area contributed by atoms with Crippen LogP contribution in [0.5, 0.6) is 0 Å². The monoisotopic (exact) mass is 749 g/mol. The van der Waals surface area contributed by atoms with Crippen LogP contribution in [0.3, 0.4) is 0 Å². The van der Waals surface area contributed by atoms with E-state index in [1.165, 1.54) is 83.8 Å². The molecule has 0 saturated heterocycles. The molecule has 1 unspecified atom stereocenters. The number of nitrogens with zero attached hydrogens (tertiary/aromatic N) is 2. The minimum atomic E-state index is -0.258. The van der Waals surface area contributed by atoms with Crippen molar-refractivity contribution < 1.29 is 0 Å². The summed E-state index contributed by atoms with van der Waals surface area (Å²) in [6, 6.07) is 63.9. The van der Waals surface area contributed by atoms with E-state index in [4.69, 9.17) is 9.98 Å². The molecular weight excluding hydrogens is 719 g/mol. The fourth-order valence-corrected chi connectivity index (χ4v) is 10.8. The first-order chi connectivity index (χ1) is 27.7. The summed E-state index contributed by atoms with van der Waals surface area (Å²) in [5.41, 5.74) is 5.62. The second-order valence-electron chi connectivity index (χ2n) is 14.6. The number of fused-ring (bicyclic) bond motifs is 12. The summed E-state index contributed by atoms with van der Waals surface area (Å²) in [7, 11) is 0. The Labute approximate surface area is 330 Å². The van der Waals surface area contributed by atoms with E-state index >= 15 is 0 Å². The molecule has 262 valence electrons. The van der Waals surface area contributed by atoms with Crippen molar-refractivity contribution in [3.63, 3.8) is 0 Å². The summed E-state index contributed by atoms with van der Waals surface area (Å²) in [5.74, 6) is 1.57. The van der Waals surface area contributed by atoms with Crippen LogP contribution in [0.2, 0.25) is 0 Å². The van der Waals surface area contributed by atoms with Crippen LogP contribution in [0.4, 0.5) is 0 Å². The summed E-state index contributed by atoms with van der Waals surface area (Å²) in [5, 5.41) is 16.5. The molecule has 3 heterocycles. The maximum absolute atomic E-state index is 5.21. The van der Waals surface area contributed by atoms with Gasteiger partial charge in [-0.1, -0.05) is 127 Å². The Bertz CT molecular complexity index is 3430. The standard InChI is InChI=1S/C51H31N3S2/c1-2-10-30(11-3-1)49-52-50(33-21-25-46-44(28-33)40-16-8-9-17-45(40)55-46)54-51(53-49)34-19-23-41-43-27-32(20-24-47(43)56-48(41)29-34)31-18-22-39-37-14-5-4-12-35(37)36-13-6-7-15-38(36)42(39)26-31/h1-29,49H,(H,52,53,54). The quantitative estimate of drug-likeness (QED) is 0.179. The van der Waals surface area contributed by atoms with Crippen molar-refractivity contribution in [3.05, 3.63) is 193 Å². The zero-order valence-corrected chi connectivity index (χ0v) is 31.7. The number of amidine groups is 2. The average Bonchev–Trinajstić information content (AvgIpc) is 3.83. The molecule has 12 rings (SSSR count). The smallest absolute Gasteiger partial charge is 0.159 e. The summed E-state index contributed by atoms with van der Waals surface area (Å²) >= 11 is 3.66. The van der Waals surface area contributed by atoms with E-state index in [2.05, 4.69) is 175 Å². The van der Waals surface area contributed by atoms with Gasteiger partial charge in [-0.3, -0.25) is 0 Å². The second kappa shape index (κ2) is 12.4. The van der Waals surface area contributed by atoms with Gasteiger partial charge < -0.3 is 5.32 Å². The van der Waals surface area contributed by atoms with Gasteiger partial charge in [0.1, 0.15) is 12.0 Å². The number of hydrogen-bond acceptors (Lipinski definition) is 5. The molecule has 0 aliphatic carbocycles. The maximum atomic E-state index is 5.21. The molecule has 1 aliphatic rings. The van der Waals surface area contributed by atoms with Crippen LogP contribution in [0.25, 0.3) is 83.8 Å². The summed E-state index contributed by atoms with van der Waals surface area (Å²) in [6.45, 7) is 0. The van der Waals surface area contributed by atoms with Gasteiger partial charge in [-0.05, 0) is 97.5 Å². The predicted molar refractivity (Wildman–Crippen MR) is 242 cm³/mol. The van der Waals surface area contributed by atoms with Crippen LogP contribution in [-0.4, -0.2) is 11.7 Å². The van der Waals surface area contributed by atoms with E-state index in [9.17, 15) is 0 Å². The number of hydrogen-bond donors (Lipinski definition) is 1. The van der Waals surface area contributed by atoms with Gasteiger partial charge in [0, 0.05) is 51.5 Å². The van der Waals surface area contributed by atoms with Gasteiger partial charge in [-0.2, -0.15) is 0 Å². The van der Waals surface area contributed by atoms with E-state index in [1.807, 2.05) is 28.7 Å². The van der Waals surface area contributed by atoms with Gasteiger partial charge in [0.2, 0.25) is 0 Å². The first-order valence-corrected chi connectivity index (χ1v) is 20.6. The SMILES string of the molecule is c1ccc(C2N=C(c3ccc4c(c3)sc3ccc(-c5ccc6c7ccccc7c7ccccc7c6c5)cc34)N=C(c3ccc4sc5ccccc5c4c3)N2)cc1. The van der Waals surface area contributed by atoms with Gasteiger partial charge in [-0.15, -0.1) is 22.7 Å². The Morgan fingerprint density at radius 3 is 1.57 bits per heavy atom. The largest absolute Gasteiger partial charge is 0.344 e. The molecule has 0 amide bonds. The molecule has 3 nitrogen and oxygen atoms in total. The summed E-state index contributed by atoms with van der Waals surface area (Å²) < 4.78 is 5.07. The lowest BCUT2D eigenvalue weighted by atomic mass is 9.92. The predicted octanol–water partition coefficient (Wildman–Crippen LogP) is 14.0. The first kappa shape index (κ1) is 31.7. The highest BCUT2D eigenvalue weighted by Gasteiger charge is 2.22. The van der Waals surface area contributed by atoms with Crippen molar-refractivity contribution in [2.24, 2.45) is 9.98 Å².